The van der Waals surface area contributed by atoms with Crippen LogP contribution in [-0.2, 0) is 11.2 Å². The molecule has 0 N–H and O–H groups in total. The van der Waals surface area contributed by atoms with Crippen LogP contribution in [0.2, 0.25) is 0 Å². The normalized spacial score (nSPS) is 9.50. The number of methoxy groups -OCH3 is 1. The van der Waals surface area contributed by atoms with E-state index in [9.17, 15) is 4.79 Å². The molecule has 0 aromatic carbocycles. The molecule has 5 nitrogen and oxygen atoms in total. The summed E-state index contributed by atoms with van der Waals surface area (Å²) in [6.07, 6.45) is 1.75. The summed E-state index contributed by atoms with van der Waals surface area (Å²) in [5, 5.41) is 7.35. The summed E-state index contributed by atoms with van der Waals surface area (Å²) in [5.74, 6) is 0.0382. The molecule has 0 amide bonds. The third kappa shape index (κ3) is 2.26. The van der Waals surface area contributed by atoms with Gasteiger partial charge in [0.2, 0.25) is 0 Å². The monoisotopic (exact) mass is 167 g/mol. The molecular formula is C7H9N3O2. The van der Waals surface area contributed by atoms with Gasteiger partial charge in [0, 0.05) is 0 Å². The summed E-state index contributed by atoms with van der Waals surface area (Å²) >= 11 is 0. The Bertz CT molecular complexity index is 270. The number of ether oxygens (including phenoxy) is 1. The van der Waals surface area contributed by atoms with E-state index in [0.29, 0.717) is 5.69 Å². The molecule has 0 atom stereocenters. The molecule has 1 heterocycles. The largest absolute Gasteiger partial charge is 0.466 e. The fourth-order valence-electron chi connectivity index (χ4n) is 0.718. The molecule has 0 saturated carbocycles. The number of rotatable bonds is 3. The van der Waals surface area contributed by atoms with Gasteiger partial charge >= 0.3 is 6.01 Å². The molecule has 1 aromatic heterocycles. The van der Waals surface area contributed by atoms with Gasteiger partial charge in [0.15, 0.2) is 0 Å². The van der Waals surface area contributed by atoms with Crippen LogP contribution >= 0.6 is 0 Å². The molecule has 0 aliphatic rings. The first-order chi connectivity index (χ1) is 5.72. The van der Waals surface area contributed by atoms with E-state index in [1.807, 2.05) is 0 Å². The first kappa shape index (κ1) is 8.58. The lowest BCUT2D eigenvalue weighted by Gasteiger charge is -1.96. The van der Waals surface area contributed by atoms with Crippen molar-refractivity contribution >= 4 is 5.78 Å². The van der Waals surface area contributed by atoms with Crippen LogP contribution in [0, 0.1) is 0 Å². The molecule has 1 aromatic rings. The average Bonchev–Trinajstić information content (AvgIpc) is 2.05. The van der Waals surface area contributed by atoms with Crippen LogP contribution in [-0.4, -0.2) is 28.1 Å². The van der Waals surface area contributed by atoms with Gasteiger partial charge in [-0.3, -0.25) is 4.79 Å². The molecule has 0 bridgehead atoms. The van der Waals surface area contributed by atoms with Crippen molar-refractivity contribution in [2.24, 2.45) is 0 Å². The Morgan fingerprint density at radius 1 is 1.58 bits per heavy atom. The molecular weight excluding hydrogens is 158 g/mol. The molecule has 0 radical (unpaired) electrons. The number of carbonyl (C=O) groups excluding carboxylic acids is 1. The second-order valence-corrected chi connectivity index (χ2v) is 2.32. The smallest absolute Gasteiger partial charge is 0.335 e. The molecule has 0 unspecified atom stereocenters. The zero-order chi connectivity index (χ0) is 8.97. The third-order valence-corrected chi connectivity index (χ3v) is 1.20. The number of carbonyl (C=O) groups is 1. The van der Waals surface area contributed by atoms with Crippen molar-refractivity contribution in [2.75, 3.05) is 7.11 Å². The first-order valence-electron chi connectivity index (χ1n) is 3.44. The van der Waals surface area contributed by atoms with Gasteiger partial charge in [0.25, 0.3) is 0 Å². The van der Waals surface area contributed by atoms with Crippen molar-refractivity contribution < 1.29 is 9.53 Å². The summed E-state index contributed by atoms with van der Waals surface area (Å²) in [4.78, 5) is 14.4. The van der Waals surface area contributed by atoms with Gasteiger partial charge in [-0.25, -0.2) is 4.98 Å². The lowest BCUT2D eigenvalue weighted by atomic mass is 10.2. The van der Waals surface area contributed by atoms with E-state index < -0.39 is 0 Å². The SMILES string of the molecule is COc1ncc(CC(C)=O)nn1. The van der Waals surface area contributed by atoms with Gasteiger partial charge in [0.1, 0.15) is 5.78 Å². The molecule has 0 aliphatic heterocycles. The van der Waals surface area contributed by atoms with Gasteiger partial charge in [-0.15, -0.1) is 5.10 Å². The summed E-state index contributed by atoms with van der Waals surface area (Å²) < 4.78 is 4.70. The van der Waals surface area contributed by atoms with Gasteiger partial charge in [-0.05, 0) is 6.92 Å². The molecule has 0 aliphatic carbocycles. The fraction of sp³-hybridized carbons (Fsp3) is 0.429. The Labute approximate surface area is 69.8 Å². The van der Waals surface area contributed by atoms with Gasteiger partial charge in [0.05, 0.1) is 25.4 Å². The molecule has 0 spiro atoms. The summed E-state index contributed by atoms with van der Waals surface area (Å²) in [6, 6.07) is 0.210. The van der Waals surface area contributed by atoms with Crippen molar-refractivity contribution in [1.29, 1.82) is 0 Å². The van der Waals surface area contributed by atoms with E-state index in [0.717, 1.165) is 0 Å². The second kappa shape index (κ2) is 3.75. The second-order valence-electron chi connectivity index (χ2n) is 2.32. The third-order valence-electron chi connectivity index (χ3n) is 1.20. The van der Waals surface area contributed by atoms with Crippen molar-refractivity contribution in [3.63, 3.8) is 0 Å². The number of ketones is 1. The Balaban J connectivity index is 2.71. The van der Waals surface area contributed by atoms with Crippen LogP contribution in [0.4, 0.5) is 0 Å². The Kier molecular flexibility index (Phi) is 2.68. The Morgan fingerprint density at radius 3 is 2.75 bits per heavy atom. The summed E-state index contributed by atoms with van der Waals surface area (Å²) in [5.41, 5.74) is 0.559. The first-order valence-corrected chi connectivity index (χ1v) is 3.44. The van der Waals surface area contributed by atoms with Crippen LogP contribution in [0.25, 0.3) is 0 Å². The van der Waals surface area contributed by atoms with Gasteiger partial charge < -0.3 is 4.74 Å². The maximum atomic E-state index is 10.6. The number of hydrogen-bond donors (Lipinski definition) is 0. The Hall–Kier alpha value is -1.52. The lowest BCUT2D eigenvalue weighted by molar-refractivity contribution is -0.116. The molecule has 12 heavy (non-hydrogen) atoms. The van der Waals surface area contributed by atoms with Crippen LogP contribution in [0.3, 0.4) is 0 Å². The standard InChI is InChI=1S/C7H9N3O2/c1-5(11)3-6-4-8-7(12-2)10-9-6/h4H,3H2,1-2H3. The zero-order valence-corrected chi connectivity index (χ0v) is 6.94. The van der Waals surface area contributed by atoms with Crippen molar-refractivity contribution in [3.8, 4) is 6.01 Å². The minimum Gasteiger partial charge on any atom is -0.466 e. The van der Waals surface area contributed by atoms with Crippen molar-refractivity contribution in [2.45, 2.75) is 13.3 Å². The number of Topliss-reactive ketones (excluding diaryl/α,β-unsaturated/α-hetero) is 1. The number of nitrogens with zero attached hydrogens (tertiary/aromatic N) is 3. The molecule has 5 heteroatoms. The highest BCUT2D eigenvalue weighted by molar-refractivity contribution is 5.77. The minimum absolute atomic E-state index is 0.0382. The van der Waals surface area contributed by atoms with Crippen molar-refractivity contribution in [1.82, 2.24) is 15.2 Å². The molecule has 64 valence electrons. The molecule has 0 fully saturated rings. The van der Waals surface area contributed by atoms with E-state index in [2.05, 4.69) is 15.2 Å². The van der Waals surface area contributed by atoms with Crippen molar-refractivity contribution in [3.05, 3.63) is 11.9 Å². The highest BCUT2D eigenvalue weighted by Crippen LogP contribution is 1.98. The maximum absolute atomic E-state index is 10.6. The Morgan fingerprint density at radius 2 is 2.33 bits per heavy atom. The van der Waals surface area contributed by atoms with Crippen LogP contribution in [0.15, 0.2) is 6.20 Å². The highest BCUT2D eigenvalue weighted by Gasteiger charge is 2.01. The van der Waals surface area contributed by atoms with E-state index >= 15 is 0 Å². The topological polar surface area (TPSA) is 65.0 Å². The van der Waals surface area contributed by atoms with Crippen LogP contribution < -0.4 is 4.74 Å². The average molecular weight is 167 g/mol. The minimum atomic E-state index is 0.0382. The summed E-state index contributed by atoms with van der Waals surface area (Å²) in [6.45, 7) is 1.49. The van der Waals surface area contributed by atoms with E-state index in [-0.39, 0.29) is 18.2 Å². The molecule has 1 rings (SSSR count). The molecule has 0 saturated heterocycles. The van der Waals surface area contributed by atoms with E-state index in [4.69, 9.17) is 4.74 Å². The number of aromatic nitrogens is 3. The fourth-order valence-corrected chi connectivity index (χ4v) is 0.718. The summed E-state index contributed by atoms with van der Waals surface area (Å²) in [7, 11) is 1.46. The van der Waals surface area contributed by atoms with Crippen LogP contribution in [0.1, 0.15) is 12.6 Å². The highest BCUT2D eigenvalue weighted by atomic mass is 16.5. The zero-order valence-electron chi connectivity index (χ0n) is 6.94. The van der Waals surface area contributed by atoms with E-state index in [1.54, 1.807) is 0 Å². The quantitative estimate of drug-likeness (QED) is 0.634. The van der Waals surface area contributed by atoms with E-state index in [1.165, 1.54) is 20.2 Å². The lowest BCUT2D eigenvalue weighted by Crippen LogP contribution is -2.03. The maximum Gasteiger partial charge on any atom is 0.335 e. The van der Waals surface area contributed by atoms with Gasteiger partial charge in [-0.2, -0.15) is 0 Å². The number of hydrogen-bond acceptors (Lipinski definition) is 5. The predicted octanol–water partition coefficient (Wildman–Crippen LogP) is 0.0117. The van der Waals surface area contributed by atoms with Crippen LogP contribution in [0.5, 0.6) is 6.01 Å². The van der Waals surface area contributed by atoms with Gasteiger partial charge in [-0.1, -0.05) is 5.10 Å². The predicted molar refractivity (Wildman–Crippen MR) is 40.8 cm³/mol.